The van der Waals surface area contributed by atoms with E-state index in [4.69, 9.17) is 0 Å². The molecule has 0 saturated heterocycles. The van der Waals surface area contributed by atoms with Crippen molar-refractivity contribution in [2.24, 2.45) is 0 Å². The van der Waals surface area contributed by atoms with Gasteiger partial charge in [0.15, 0.2) is 0 Å². The molecule has 0 aliphatic rings. The quantitative estimate of drug-likeness (QED) is 0.867. The second kappa shape index (κ2) is 6.00. The lowest BCUT2D eigenvalue weighted by atomic mass is 10.0. The highest BCUT2D eigenvalue weighted by atomic mass is 79.9. The lowest BCUT2D eigenvalue weighted by molar-refractivity contribution is 0.182. The van der Waals surface area contributed by atoms with Crippen LogP contribution >= 0.6 is 27.3 Å². The van der Waals surface area contributed by atoms with Crippen LogP contribution in [0.4, 0.5) is 0 Å². The Bertz CT molecular complexity index is 496. The molecule has 0 spiro atoms. The second-order valence-corrected chi connectivity index (χ2v) is 6.59. The lowest BCUT2D eigenvalue weighted by Crippen LogP contribution is -1.99. The van der Waals surface area contributed by atoms with Gasteiger partial charge in [-0.25, -0.2) is 0 Å². The highest BCUT2D eigenvalue weighted by Crippen LogP contribution is 2.32. The summed E-state index contributed by atoms with van der Waals surface area (Å²) in [7, 11) is 0. The third-order valence-corrected chi connectivity index (χ3v) is 5.30. The smallest absolute Gasteiger partial charge is 0.0922 e. The van der Waals surface area contributed by atoms with Gasteiger partial charge in [0, 0.05) is 20.6 Å². The Morgan fingerprint density at radius 1 is 1.22 bits per heavy atom. The molecule has 3 heteroatoms. The number of aliphatic hydroxyl groups is 1. The standard InChI is InChI=1S/C15H17BrOS/c1-3-11-4-6-12(7-5-11)8-14(17)15-9-13(16)10(2)18-15/h4-7,9,14,17H,3,8H2,1-2H3. The molecule has 1 aromatic heterocycles. The van der Waals surface area contributed by atoms with Gasteiger partial charge in [-0.3, -0.25) is 0 Å². The van der Waals surface area contributed by atoms with Crippen molar-refractivity contribution in [3.05, 3.63) is 55.7 Å². The molecule has 1 N–H and O–H groups in total. The van der Waals surface area contributed by atoms with Crippen LogP contribution in [-0.4, -0.2) is 5.11 Å². The maximum Gasteiger partial charge on any atom is 0.0922 e. The van der Waals surface area contributed by atoms with Gasteiger partial charge in [0.1, 0.15) is 0 Å². The number of thiophene rings is 1. The van der Waals surface area contributed by atoms with E-state index in [0.717, 1.165) is 15.8 Å². The minimum absolute atomic E-state index is 0.410. The van der Waals surface area contributed by atoms with Crippen molar-refractivity contribution in [1.29, 1.82) is 0 Å². The van der Waals surface area contributed by atoms with Gasteiger partial charge < -0.3 is 5.11 Å². The maximum absolute atomic E-state index is 10.2. The third kappa shape index (κ3) is 3.22. The highest BCUT2D eigenvalue weighted by molar-refractivity contribution is 9.10. The van der Waals surface area contributed by atoms with Crippen molar-refractivity contribution in [3.63, 3.8) is 0 Å². The summed E-state index contributed by atoms with van der Waals surface area (Å²) in [5.74, 6) is 0. The van der Waals surface area contributed by atoms with Crippen molar-refractivity contribution < 1.29 is 5.11 Å². The van der Waals surface area contributed by atoms with Gasteiger partial charge in [0.2, 0.25) is 0 Å². The number of aliphatic hydroxyl groups excluding tert-OH is 1. The summed E-state index contributed by atoms with van der Waals surface area (Å²) in [5, 5.41) is 10.2. The summed E-state index contributed by atoms with van der Waals surface area (Å²) in [6.07, 6.45) is 1.32. The van der Waals surface area contributed by atoms with Gasteiger partial charge in [-0.15, -0.1) is 11.3 Å². The summed E-state index contributed by atoms with van der Waals surface area (Å²) in [6.45, 7) is 4.21. The molecule has 0 radical (unpaired) electrons. The molecule has 2 rings (SSSR count). The zero-order valence-electron chi connectivity index (χ0n) is 10.6. The number of rotatable bonds is 4. The average Bonchev–Trinajstić information content (AvgIpc) is 2.71. The fraction of sp³-hybridized carbons (Fsp3) is 0.333. The van der Waals surface area contributed by atoms with Crippen LogP contribution in [0.1, 0.15) is 33.9 Å². The molecule has 0 amide bonds. The number of hydrogen-bond acceptors (Lipinski definition) is 2. The molecule has 0 saturated carbocycles. The van der Waals surface area contributed by atoms with Crippen LogP contribution in [-0.2, 0) is 12.8 Å². The third-order valence-electron chi connectivity index (χ3n) is 3.06. The van der Waals surface area contributed by atoms with E-state index in [1.54, 1.807) is 11.3 Å². The SMILES string of the molecule is CCc1ccc(CC(O)c2cc(Br)c(C)s2)cc1. The molecule has 1 heterocycles. The first-order chi connectivity index (χ1) is 8.60. The number of aryl methyl sites for hydroxylation is 2. The molecule has 1 atom stereocenters. The van der Waals surface area contributed by atoms with Gasteiger partial charge in [0.05, 0.1) is 6.10 Å². The van der Waals surface area contributed by atoms with Gasteiger partial charge in [-0.2, -0.15) is 0 Å². The van der Waals surface area contributed by atoms with Crippen LogP contribution in [0.15, 0.2) is 34.8 Å². The summed E-state index contributed by atoms with van der Waals surface area (Å²) >= 11 is 5.14. The monoisotopic (exact) mass is 324 g/mol. The zero-order chi connectivity index (χ0) is 13.1. The van der Waals surface area contributed by atoms with Gasteiger partial charge >= 0.3 is 0 Å². The predicted molar refractivity (Wildman–Crippen MR) is 81.2 cm³/mol. The van der Waals surface area contributed by atoms with E-state index < -0.39 is 6.10 Å². The van der Waals surface area contributed by atoms with E-state index in [1.807, 2.05) is 6.07 Å². The first kappa shape index (κ1) is 13.8. The van der Waals surface area contributed by atoms with Crippen LogP contribution < -0.4 is 0 Å². The van der Waals surface area contributed by atoms with Crippen molar-refractivity contribution >= 4 is 27.3 Å². The molecule has 96 valence electrons. The Labute approximate surface area is 121 Å². The Morgan fingerprint density at radius 2 is 1.83 bits per heavy atom. The minimum atomic E-state index is -0.410. The van der Waals surface area contributed by atoms with Crippen molar-refractivity contribution in [2.75, 3.05) is 0 Å². The average molecular weight is 325 g/mol. The fourth-order valence-corrected chi connectivity index (χ4v) is 3.43. The Kier molecular flexibility index (Phi) is 4.60. The number of benzene rings is 1. The van der Waals surface area contributed by atoms with Gasteiger partial charge in [-0.05, 0) is 46.5 Å². The van der Waals surface area contributed by atoms with Crippen molar-refractivity contribution in [3.8, 4) is 0 Å². The second-order valence-electron chi connectivity index (χ2n) is 4.44. The molecule has 0 bridgehead atoms. The van der Waals surface area contributed by atoms with E-state index >= 15 is 0 Å². The van der Waals surface area contributed by atoms with Crippen molar-refractivity contribution in [2.45, 2.75) is 32.8 Å². The van der Waals surface area contributed by atoms with E-state index in [2.05, 4.69) is 54.0 Å². The molecule has 0 fully saturated rings. The molecule has 1 aromatic carbocycles. The molecule has 1 unspecified atom stereocenters. The van der Waals surface area contributed by atoms with E-state index in [-0.39, 0.29) is 0 Å². The largest absolute Gasteiger partial charge is 0.387 e. The molecule has 2 aromatic rings. The Morgan fingerprint density at radius 3 is 2.33 bits per heavy atom. The number of hydrogen-bond donors (Lipinski definition) is 1. The summed E-state index contributed by atoms with van der Waals surface area (Å²) in [6, 6.07) is 10.5. The van der Waals surface area contributed by atoms with Crippen LogP contribution in [0.2, 0.25) is 0 Å². The van der Waals surface area contributed by atoms with E-state index in [1.165, 1.54) is 16.0 Å². The van der Waals surface area contributed by atoms with Crippen LogP contribution in [0.5, 0.6) is 0 Å². The Hall–Kier alpha value is -0.640. The first-order valence-corrected chi connectivity index (χ1v) is 7.72. The summed E-state index contributed by atoms with van der Waals surface area (Å²) < 4.78 is 1.09. The topological polar surface area (TPSA) is 20.2 Å². The summed E-state index contributed by atoms with van der Waals surface area (Å²) in [4.78, 5) is 2.24. The lowest BCUT2D eigenvalue weighted by Gasteiger charge is -2.09. The number of halogens is 1. The first-order valence-electron chi connectivity index (χ1n) is 6.12. The maximum atomic E-state index is 10.2. The van der Waals surface area contributed by atoms with Gasteiger partial charge in [-0.1, -0.05) is 31.2 Å². The molecule has 0 aliphatic carbocycles. The van der Waals surface area contributed by atoms with Crippen LogP contribution in [0.3, 0.4) is 0 Å². The summed E-state index contributed by atoms with van der Waals surface area (Å²) in [5.41, 5.74) is 2.52. The molecule has 1 nitrogen and oxygen atoms in total. The van der Waals surface area contributed by atoms with Crippen LogP contribution in [0.25, 0.3) is 0 Å². The van der Waals surface area contributed by atoms with Crippen LogP contribution in [0, 0.1) is 6.92 Å². The van der Waals surface area contributed by atoms with Gasteiger partial charge in [0.25, 0.3) is 0 Å². The molecule has 0 aliphatic heterocycles. The normalized spacial score (nSPS) is 12.7. The molecule has 18 heavy (non-hydrogen) atoms. The van der Waals surface area contributed by atoms with E-state index in [0.29, 0.717) is 6.42 Å². The predicted octanol–water partition coefficient (Wildman–Crippen LogP) is 4.66. The highest BCUT2D eigenvalue weighted by Gasteiger charge is 2.12. The zero-order valence-corrected chi connectivity index (χ0v) is 13.0. The Balaban J connectivity index is 2.08. The van der Waals surface area contributed by atoms with E-state index in [9.17, 15) is 5.11 Å². The fourth-order valence-electron chi connectivity index (χ4n) is 1.88. The molecular weight excluding hydrogens is 308 g/mol. The minimum Gasteiger partial charge on any atom is -0.387 e. The van der Waals surface area contributed by atoms with Crippen molar-refractivity contribution in [1.82, 2.24) is 0 Å². The molecular formula is C15H17BrOS.